The molecule has 9 heteroatoms. The van der Waals surface area contributed by atoms with Crippen molar-refractivity contribution >= 4 is 34.1 Å². The molecule has 26 heavy (non-hydrogen) atoms. The van der Waals surface area contributed by atoms with E-state index < -0.39 is 0 Å². The Morgan fingerprint density at radius 3 is 2.46 bits per heavy atom. The third kappa shape index (κ3) is 4.99. The Balaban J connectivity index is 1.42. The largest absolute Gasteiger partial charge is 0.325 e. The summed E-state index contributed by atoms with van der Waals surface area (Å²) >= 11 is 1.40. The summed E-state index contributed by atoms with van der Waals surface area (Å²) in [6, 6.07) is 5.48. The van der Waals surface area contributed by atoms with Crippen LogP contribution in [0.2, 0.25) is 0 Å². The molecule has 1 aliphatic heterocycles. The average Bonchev–Trinajstić information content (AvgIpc) is 3.02. The van der Waals surface area contributed by atoms with E-state index in [1.165, 1.54) is 35.6 Å². The summed E-state index contributed by atoms with van der Waals surface area (Å²) in [5.41, 5.74) is 1.44. The van der Waals surface area contributed by atoms with Gasteiger partial charge in [-0.2, -0.15) is 0 Å². The molecule has 0 unspecified atom stereocenters. The Morgan fingerprint density at radius 1 is 1.15 bits per heavy atom. The molecule has 0 saturated carbocycles. The van der Waals surface area contributed by atoms with Crippen LogP contribution in [0.3, 0.4) is 0 Å². The molecule has 3 amide bonds. The van der Waals surface area contributed by atoms with Gasteiger partial charge in [0.05, 0.1) is 12.2 Å². The van der Waals surface area contributed by atoms with Crippen LogP contribution < -0.4 is 10.6 Å². The van der Waals surface area contributed by atoms with Gasteiger partial charge >= 0.3 is 6.03 Å². The lowest BCUT2D eigenvalue weighted by Gasteiger charge is -2.34. The van der Waals surface area contributed by atoms with Gasteiger partial charge in [0.2, 0.25) is 5.91 Å². The Bertz CT molecular complexity index is 772. The van der Waals surface area contributed by atoms with E-state index in [-0.39, 0.29) is 24.3 Å². The number of anilines is 2. The van der Waals surface area contributed by atoms with Crippen LogP contribution in [-0.2, 0) is 4.79 Å². The molecule has 1 aromatic heterocycles. The number of benzene rings is 1. The highest BCUT2D eigenvalue weighted by atomic mass is 32.1. The number of rotatable bonds is 4. The lowest BCUT2D eigenvalue weighted by molar-refractivity contribution is -0.117. The van der Waals surface area contributed by atoms with Crippen LogP contribution in [0.5, 0.6) is 0 Å². The molecule has 138 valence electrons. The van der Waals surface area contributed by atoms with Gasteiger partial charge in [-0.15, -0.1) is 11.3 Å². The van der Waals surface area contributed by atoms with Gasteiger partial charge in [0.25, 0.3) is 0 Å². The van der Waals surface area contributed by atoms with Gasteiger partial charge in [0.1, 0.15) is 5.82 Å². The zero-order valence-electron chi connectivity index (χ0n) is 14.4. The van der Waals surface area contributed by atoms with Gasteiger partial charge in [0.15, 0.2) is 5.13 Å². The number of thiazole rings is 1. The number of nitrogens with one attached hydrogen (secondary N) is 2. The number of aromatic nitrogens is 1. The molecule has 7 nitrogen and oxygen atoms in total. The number of halogens is 1. The van der Waals surface area contributed by atoms with Gasteiger partial charge in [-0.25, -0.2) is 14.2 Å². The third-order valence-corrected chi connectivity index (χ3v) is 4.86. The quantitative estimate of drug-likeness (QED) is 0.858. The minimum Gasteiger partial charge on any atom is -0.325 e. The van der Waals surface area contributed by atoms with Crippen molar-refractivity contribution in [1.82, 2.24) is 14.8 Å². The van der Waals surface area contributed by atoms with Crippen molar-refractivity contribution in [3.8, 4) is 0 Å². The minimum atomic E-state index is -0.342. The summed E-state index contributed by atoms with van der Waals surface area (Å²) in [6.07, 6.45) is 0. The van der Waals surface area contributed by atoms with Crippen LogP contribution in [0.4, 0.5) is 20.0 Å². The molecule has 1 aromatic carbocycles. The Hall–Kier alpha value is -2.52. The summed E-state index contributed by atoms with van der Waals surface area (Å²) in [7, 11) is 0. The van der Waals surface area contributed by atoms with Gasteiger partial charge in [-0.3, -0.25) is 15.0 Å². The van der Waals surface area contributed by atoms with Gasteiger partial charge in [-0.05, 0) is 31.2 Å². The van der Waals surface area contributed by atoms with E-state index in [4.69, 9.17) is 0 Å². The van der Waals surface area contributed by atoms with Crippen LogP contribution in [0, 0.1) is 12.7 Å². The van der Waals surface area contributed by atoms with Crippen LogP contribution in [0.25, 0.3) is 0 Å². The molecule has 2 N–H and O–H groups in total. The van der Waals surface area contributed by atoms with Crippen LogP contribution in [-0.4, -0.2) is 59.4 Å². The third-order valence-electron chi connectivity index (χ3n) is 3.99. The predicted molar refractivity (Wildman–Crippen MR) is 98.9 cm³/mol. The van der Waals surface area contributed by atoms with Crippen molar-refractivity contribution in [2.75, 3.05) is 43.4 Å². The van der Waals surface area contributed by atoms with Crippen molar-refractivity contribution in [2.24, 2.45) is 0 Å². The highest BCUT2D eigenvalue weighted by Crippen LogP contribution is 2.15. The lowest BCUT2D eigenvalue weighted by Crippen LogP contribution is -2.51. The van der Waals surface area contributed by atoms with Crippen LogP contribution in [0.1, 0.15) is 5.69 Å². The molecule has 0 spiro atoms. The molecule has 1 saturated heterocycles. The number of carbonyl (C=O) groups excluding carboxylic acids is 2. The van der Waals surface area contributed by atoms with E-state index in [2.05, 4.69) is 15.6 Å². The molecule has 0 bridgehead atoms. The second kappa shape index (κ2) is 8.24. The van der Waals surface area contributed by atoms with Gasteiger partial charge < -0.3 is 10.2 Å². The first kappa shape index (κ1) is 18.3. The van der Waals surface area contributed by atoms with Crippen LogP contribution in [0.15, 0.2) is 29.6 Å². The predicted octanol–water partition coefficient (Wildman–Crippen LogP) is 2.38. The van der Waals surface area contributed by atoms with E-state index in [1.807, 2.05) is 17.2 Å². The number of aryl methyl sites for hydroxylation is 1. The molecule has 0 atom stereocenters. The maximum absolute atomic E-state index is 12.9. The Morgan fingerprint density at radius 2 is 1.85 bits per heavy atom. The summed E-state index contributed by atoms with van der Waals surface area (Å²) < 4.78 is 12.9. The highest BCUT2D eigenvalue weighted by molar-refractivity contribution is 7.13. The molecule has 2 aromatic rings. The van der Waals surface area contributed by atoms with Crippen molar-refractivity contribution < 1.29 is 14.0 Å². The number of nitrogens with zero attached hydrogens (tertiary/aromatic N) is 3. The van der Waals surface area contributed by atoms with E-state index in [0.29, 0.717) is 37.0 Å². The summed E-state index contributed by atoms with van der Waals surface area (Å²) in [4.78, 5) is 32.2. The van der Waals surface area contributed by atoms with Crippen molar-refractivity contribution in [1.29, 1.82) is 0 Å². The summed E-state index contributed by atoms with van der Waals surface area (Å²) in [5.74, 6) is -0.502. The average molecular weight is 377 g/mol. The van der Waals surface area contributed by atoms with Crippen molar-refractivity contribution in [3.63, 3.8) is 0 Å². The monoisotopic (exact) mass is 377 g/mol. The van der Waals surface area contributed by atoms with Gasteiger partial charge in [0, 0.05) is 37.2 Å². The first-order valence-electron chi connectivity index (χ1n) is 8.25. The fourth-order valence-corrected chi connectivity index (χ4v) is 3.31. The second-order valence-electron chi connectivity index (χ2n) is 6.04. The molecule has 0 radical (unpaired) electrons. The number of urea groups is 1. The van der Waals surface area contributed by atoms with E-state index in [1.54, 1.807) is 4.90 Å². The Labute approximate surface area is 154 Å². The molecule has 1 aliphatic rings. The standard InChI is InChI=1S/C17H20FN5O2S/c1-12-11-26-16(19-12)21-17(25)23-8-6-22(7-9-23)10-15(24)20-14-4-2-13(18)3-5-14/h2-5,11H,6-10H2,1H3,(H,20,24)(H,19,21,25). The first-order valence-corrected chi connectivity index (χ1v) is 9.13. The van der Waals surface area contributed by atoms with E-state index >= 15 is 0 Å². The van der Waals surface area contributed by atoms with Crippen molar-refractivity contribution in [3.05, 3.63) is 41.2 Å². The van der Waals surface area contributed by atoms with E-state index in [9.17, 15) is 14.0 Å². The topological polar surface area (TPSA) is 77.6 Å². The maximum Gasteiger partial charge on any atom is 0.323 e. The molecule has 0 aliphatic carbocycles. The maximum atomic E-state index is 12.9. The number of carbonyl (C=O) groups is 2. The number of piperazine rings is 1. The first-order chi connectivity index (χ1) is 12.5. The second-order valence-corrected chi connectivity index (χ2v) is 6.90. The van der Waals surface area contributed by atoms with Crippen molar-refractivity contribution in [2.45, 2.75) is 6.92 Å². The molecular weight excluding hydrogens is 357 g/mol. The highest BCUT2D eigenvalue weighted by Gasteiger charge is 2.23. The number of amides is 3. The zero-order valence-corrected chi connectivity index (χ0v) is 15.2. The smallest absolute Gasteiger partial charge is 0.323 e. The Kier molecular flexibility index (Phi) is 5.79. The molecule has 2 heterocycles. The SMILES string of the molecule is Cc1csc(NC(=O)N2CCN(CC(=O)Nc3ccc(F)cc3)CC2)n1. The fraction of sp³-hybridized carbons (Fsp3) is 0.353. The molecular formula is C17H20FN5O2S. The zero-order chi connectivity index (χ0) is 18.5. The minimum absolute atomic E-state index is 0.159. The summed E-state index contributed by atoms with van der Waals surface area (Å²) in [5, 5.41) is 8.00. The number of hydrogen-bond acceptors (Lipinski definition) is 5. The van der Waals surface area contributed by atoms with E-state index in [0.717, 1.165) is 5.69 Å². The molecule has 3 rings (SSSR count). The molecule has 1 fully saturated rings. The normalized spacial score (nSPS) is 14.9. The van der Waals surface area contributed by atoms with Crippen LogP contribution >= 0.6 is 11.3 Å². The summed E-state index contributed by atoms with van der Waals surface area (Å²) in [6.45, 7) is 4.42. The van der Waals surface area contributed by atoms with Gasteiger partial charge in [-0.1, -0.05) is 0 Å². The fourth-order valence-electron chi connectivity index (χ4n) is 2.63. The lowest BCUT2D eigenvalue weighted by atomic mass is 10.3. The number of hydrogen-bond donors (Lipinski definition) is 2.